The zero-order chi connectivity index (χ0) is 11.0. The van der Waals surface area contributed by atoms with Gasteiger partial charge in [0.05, 0.1) is 0 Å². The summed E-state index contributed by atoms with van der Waals surface area (Å²) in [6.45, 7) is 1.77. The molecule has 0 saturated carbocycles. The molecule has 4 nitrogen and oxygen atoms in total. The lowest BCUT2D eigenvalue weighted by Crippen LogP contribution is -2.29. The third-order valence-electron chi connectivity index (χ3n) is 2.27. The van der Waals surface area contributed by atoms with Crippen molar-refractivity contribution in [1.29, 1.82) is 0 Å². The number of rotatable bonds is 1. The van der Waals surface area contributed by atoms with Crippen LogP contribution in [-0.4, -0.2) is 17.2 Å². The van der Waals surface area contributed by atoms with Gasteiger partial charge in [0.15, 0.2) is 0 Å². The fourth-order valence-corrected chi connectivity index (χ4v) is 1.50. The van der Waals surface area contributed by atoms with Crippen LogP contribution >= 0.6 is 0 Å². The van der Waals surface area contributed by atoms with Gasteiger partial charge in [-0.1, -0.05) is 12.1 Å². The van der Waals surface area contributed by atoms with Gasteiger partial charge in [0.25, 0.3) is 0 Å². The van der Waals surface area contributed by atoms with Gasteiger partial charge in [0, 0.05) is 11.5 Å². The molecule has 1 aromatic carbocycles. The van der Waals surface area contributed by atoms with Crippen molar-refractivity contribution in [3.63, 3.8) is 0 Å². The molecular formula is C10H9BO4. The van der Waals surface area contributed by atoms with Crippen molar-refractivity contribution in [3.05, 3.63) is 40.2 Å². The first-order chi connectivity index (χ1) is 7.08. The molecule has 0 bridgehead atoms. The fourth-order valence-electron chi connectivity index (χ4n) is 1.50. The highest BCUT2D eigenvalue weighted by Gasteiger charge is 2.12. The van der Waals surface area contributed by atoms with E-state index in [0.717, 1.165) is 5.56 Å². The summed E-state index contributed by atoms with van der Waals surface area (Å²) in [6, 6.07) is 6.03. The Morgan fingerprint density at radius 1 is 1.27 bits per heavy atom. The lowest BCUT2D eigenvalue weighted by Gasteiger charge is -2.03. The van der Waals surface area contributed by atoms with Crippen LogP contribution in [0.4, 0.5) is 0 Å². The predicted molar refractivity (Wildman–Crippen MR) is 57.0 cm³/mol. The van der Waals surface area contributed by atoms with Gasteiger partial charge in [-0.3, -0.25) is 0 Å². The molecule has 0 unspecified atom stereocenters. The quantitative estimate of drug-likeness (QED) is 0.497. The molecule has 5 heteroatoms. The van der Waals surface area contributed by atoms with E-state index in [9.17, 15) is 4.79 Å². The average molecular weight is 204 g/mol. The Bertz CT molecular complexity index is 559. The fraction of sp³-hybridized carbons (Fsp3) is 0.100. The molecule has 0 fully saturated rings. The molecule has 2 aromatic rings. The van der Waals surface area contributed by atoms with Gasteiger partial charge in [-0.05, 0) is 24.0 Å². The molecule has 0 saturated heterocycles. The summed E-state index contributed by atoms with van der Waals surface area (Å²) in [7, 11) is -1.51. The van der Waals surface area contributed by atoms with E-state index in [-0.39, 0.29) is 0 Å². The zero-order valence-corrected chi connectivity index (χ0v) is 8.10. The van der Waals surface area contributed by atoms with Crippen LogP contribution in [0.2, 0.25) is 0 Å². The highest BCUT2D eigenvalue weighted by molar-refractivity contribution is 6.58. The number of hydrogen-bond donors (Lipinski definition) is 2. The van der Waals surface area contributed by atoms with Crippen molar-refractivity contribution in [2.45, 2.75) is 6.92 Å². The minimum atomic E-state index is -1.51. The lowest BCUT2D eigenvalue weighted by molar-refractivity contribution is 0.426. The second-order valence-corrected chi connectivity index (χ2v) is 3.38. The minimum Gasteiger partial charge on any atom is -0.423 e. The maximum Gasteiger partial charge on any atom is 0.488 e. The Hall–Kier alpha value is -1.59. The molecule has 0 spiro atoms. The van der Waals surface area contributed by atoms with Crippen LogP contribution in [0.15, 0.2) is 33.5 Å². The van der Waals surface area contributed by atoms with Gasteiger partial charge < -0.3 is 14.5 Å². The summed E-state index contributed by atoms with van der Waals surface area (Å²) in [4.78, 5) is 11.1. The van der Waals surface area contributed by atoms with Crippen molar-refractivity contribution in [3.8, 4) is 0 Å². The summed E-state index contributed by atoms with van der Waals surface area (Å²) in [6.07, 6.45) is 0. The van der Waals surface area contributed by atoms with Crippen LogP contribution in [0.1, 0.15) is 5.56 Å². The van der Waals surface area contributed by atoms with E-state index in [1.54, 1.807) is 19.1 Å². The van der Waals surface area contributed by atoms with Crippen LogP contribution in [0, 0.1) is 6.92 Å². The Labute approximate surface area is 85.9 Å². The Balaban J connectivity index is 2.77. The third-order valence-corrected chi connectivity index (χ3v) is 2.27. The summed E-state index contributed by atoms with van der Waals surface area (Å²) in [5.74, 6) is 0. The molecule has 15 heavy (non-hydrogen) atoms. The van der Waals surface area contributed by atoms with Crippen LogP contribution in [-0.2, 0) is 0 Å². The van der Waals surface area contributed by atoms with E-state index in [4.69, 9.17) is 14.5 Å². The predicted octanol–water partition coefficient (Wildman–Crippen LogP) is -0.219. The molecule has 76 valence electrons. The third kappa shape index (κ3) is 1.79. The highest BCUT2D eigenvalue weighted by atomic mass is 16.4. The molecule has 0 amide bonds. The molecule has 0 aliphatic heterocycles. The molecule has 0 aliphatic rings. The summed E-state index contributed by atoms with van der Waals surface area (Å²) in [5, 5.41) is 18.7. The molecule has 1 heterocycles. The molecule has 0 atom stereocenters. The van der Waals surface area contributed by atoms with E-state index in [2.05, 4.69) is 0 Å². The van der Waals surface area contributed by atoms with E-state index >= 15 is 0 Å². The van der Waals surface area contributed by atoms with Gasteiger partial charge in [0.1, 0.15) is 5.58 Å². The minimum absolute atomic E-state index is 0.374. The molecule has 0 aliphatic carbocycles. The lowest BCUT2D eigenvalue weighted by atomic mass is 9.79. The monoisotopic (exact) mass is 204 g/mol. The molecule has 0 radical (unpaired) electrons. The van der Waals surface area contributed by atoms with E-state index in [0.29, 0.717) is 16.4 Å². The van der Waals surface area contributed by atoms with E-state index in [1.165, 1.54) is 12.1 Å². The van der Waals surface area contributed by atoms with E-state index in [1.807, 2.05) is 0 Å². The zero-order valence-electron chi connectivity index (χ0n) is 8.10. The smallest absolute Gasteiger partial charge is 0.423 e. The van der Waals surface area contributed by atoms with Gasteiger partial charge in [-0.2, -0.15) is 0 Å². The summed E-state index contributed by atoms with van der Waals surface area (Å²) in [5.41, 5.74) is 1.17. The Kier molecular flexibility index (Phi) is 2.34. The van der Waals surface area contributed by atoms with Crippen LogP contribution in [0.25, 0.3) is 11.0 Å². The van der Waals surface area contributed by atoms with Crippen molar-refractivity contribution < 1.29 is 14.5 Å². The number of hydrogen-bond acceptors (Lipinski definition) is 4. The number of benzene rings is 1. The first-order valence-corrected chi connectivity index (χ1v) is 4.48. The van der Waals surface area contributed by atoms with Gasteiger partial charge in [-0.25, -0.2) is 4.79 Å². The molecule has 2 rings (SSSR count). The van der Waals surface area contributed by atoms with Crippen LogP contribution in [0.3, 0.4) is 0 Å². The second kappa shape index (κ2) is 3.53. The Morgan fingerprint density at radius 2 is 2.00 bits per heavy atom. The second-order valence-electron chi connectivity index (χ2n) is 3.38. The summed E-state index contributed by atoms with van der Waals surface area (Å²) >= 11 is 0. The largest absolute Gasteiger partial charge is 0.488 e. The summed E-state index contributed by atoms with van der Waals surface area (Å²) < 4.78 is 4.96. The first kappa shape index (κ1) is 9.95. The number of fused-ring (bicyclic) bond motifs is 1. The molecule has 1 aromatic heterocycles. The van der Waals surface area contributed by atoms with Gasteiger partial charge >= 0.3 is 12.7 Å². The van der Waals surface area contributed by atoms with Crippen molar-refractivity contribution >= 4 is 23.6 Å². The maximum absolute atomic E-state index is 11.1. The average Bonchev–Trinajstić information content (AvgIpc) is 2.16. The van der Waals surface area contributed by atoms with Crippen molar-refractivity contribution in [2.75, 3.05) is 0 Å². The van der Waals surface area contributed by atoms with E-state index < -0.39 is 12.7 Å². The van der Waals surface area contributed by atoms with Crippen molar-refractivity contribution in [2.24, 2.45) is 0 Å². The molecular weight excluding hydrogens is 195 g/mol. The SMILES string of the molecule is Cc1cc(=O)oc2ccc(B(O)O)cc12. The highest BCUT2D eigenvalue weighted by Crippen LogP contribution is 2.14. The van der Waals surface area contributed by atoms with Crippen LogP contribution in [0.5, 0.6) is 0 Å². The maximum atomic E-state index is 11.1. The Morgan fingerprint density at radius 3 is 2.67 bits per heavy atom. The first-order valence-electron chi connectivity index (χ1n) is 4.48. The molecule has 2 N–H and O–H groups in total. The normalized spacial score (nSPS) is 10.6. The number of aryl methyl sites for hydroxylation is 1. The standard InChI is InChI=1S/C10H9BO4/c1-6-4-10(12)15-9-3-2-7(11(13)14)5-8(6)9/h2-5,13-14H,1H3. The topological polar surface area (TPSA) is 70.7 Å². The van der Waals surface area contributed by atoms with Crippen molar-refractivity contribution in [1.82, 2.24) is 0 Å². The van der Waals surface area contributed by atoms with Crippen LogP contribution < -0.4 is 11.1 Å². The van der Waals surface area contributed by atoms with Gasteiger partial charge in [0.2, 0.25) is 0 Å². The van der Waals surface area contributed by atoms with Gasteiger partial charge in [-0.15, -0.1) is 0 Å².